The Morgan fingerprint density at radius 3 is 1.66 bits per heavy atom. The molecule has 0 aliphatic carbocycles. The number of aryl methyl sites for hydroxylation is 2. The fraction of sp³-hybridized carbons (Fsp3) is 0.388. The van der Waals surface area contributed by atoms with Crippen molar-refractivity contribution in [3.05, 3.63) is 131 Å². The minimum atomic E-state index is -0.826. The molecule has 2 radical (unpaired) electrons. The van der Waals surface area contributed by atoms with Gasteiger partial charge in [0, 0.05) is 9.52 Å². The first-order chi connectivity index (χ1) is 25.1. The standard InChI is InChI=1S/C25H31.C22H25.C2H6Si.2ClH.Zr/c1-6-7-8-9-19-16-23-18(2)10-15-22(24(23)17-19)20-11-13-21(14-12-20)25(3,4)5;1-15(2)18-13-17-7-6-8-20(21(17)14-18)16-9-11-19(12-10-16)22(3,4)5;1-3-2;;;/h10-17H,6-9H2,1-5H3;6-15H,1-5H3;1-2H3;2*1H;/q2*-1;;;;+4/p-2. The molecular weight excluding hydrogens is 779 g/mol. The van der Waals surface area contributed by atoms with Crippen LogP contribution in [0.1, 0.15) is 115 Å². The van der Waals surface area contributed by atoms with E-state index in [9.17, 15) is 0 Å². The summed E-state index contributed by atoms with van der Waals surface area (Å²) in [6.45, 7) is 26.9. The summed E-state index contributed by atoms with van der Waals surface area (Å²) >= 11 is -0.826. The molecule has 0 saturated carbocycles. The summed E-state index contributed by atoms with van der Waals surface area (Å²) in [5.41, 5.74) is 12.8. The average molecular weight is 841 g/mol. The Kier molecular flexibility index (Phi) is 18.1. The molecule has 0 aliphatic heterocycles. The van der Waals surface area contributed by atoms with Gasteiger partial charge in [-0.2, -0.15) is 12.1 Å². The van der Waals surface area contributed by atoms with Crippen LogP contribution in [-0.2, 0) is 38.1 Å². The molecule has 0 fully saturated rings. The van der Waals surface area contributed by atoms with Crippen molar-refractivity contribution in [2.75, 3.05) is 0 Å². The minimum absolute atomic E-state index is 0.202. The molecule has 0 amide bonds. The van der Waals surface area contributed by atoms with Crippen LogP contribution in [0.3, 0.4) is 0 Å². The monoisotopic (exact) mass is 838 g/mol. The van der Waals surface area contributed by atoms with E-state index in [0.29, 0.717) is 5.92 Å². The maximum atomic E-state index is 4.93. The molecule has 6 aromatic carbocycles. The van der Waals surface area contributed by atoms with Crippen LogP contribution in [0.25, 0.3) is 43.8 Å². The number of unbranched alkanes of at least 4 members (excludes halogenated alkanes) is 2. The molecular formula is C49H62Cl2SiZr. The predicted molar refractivity (Wildman–Crippen MR) is 239 cm³/mol. The summed E-state index contributed by atoms with van der Waals surface area (Å²) in [4.78, 5) is 0. The number of halogens is 2. The normalized spacial score (nSPS) is 11.3. The second-order valence-electron chi connectivity index (χ2n) is 16.6. The van der Waals surface area contributed by atoms with Crippen LogP contribution in [0.4, 0.5) is 0 Å². The molecule has 0 heterocycles. The summed E-state index contributed by atoms with van der Waals surface area (Å²) in [6.07, 6.45) is 5.10. The molecule has 0 N–H and O–H groups in total. The van der Waals surface area contributed by atoms with Gasteiger partial charge in [-0.3, -0.25) is 0 Å². The van der Waals surface area contributed by atoms with Gasteiger partial charge in [-0.25, -0.2) is 0 Å². The van der Waals surface area contributed by atoms with Gasteiger partial charge < -0.3 is 0 Å². The Balaban J connectivity index is 0.000000250. The van der Waals surface area contributed by atoms with E-state index >= 15 is 0 Å². The van der Waals surface area contributed by atoms with E-state index in [1.807, 2.05) is 0 Å². The number of benzene rings is 4. The second-order valence-corrected chi connectivity index (χ2v) is 21.3. The molecule has 0 unspecified atom stereocenters. The van der Waals surface area contributed by atoms with Crippen LogP contribution in [0.2, 0.25) is 13.1 Å². The van der Waals surface area contributed by atoms with Gasteiger partial charge in [-0.15, -0.1) is 68.6 Å². The molecule has 6 aromatic rings. The van der Waals surface area contributed by atoms with Crippen LogP contribution < -0.4 is 0 Å². The topological polar surface area (TPSA) is 0 Å². The fourth-order valence-electron chi connectivity index (χ4n) is 6.62. The Labute approximate surface area is 344 Å². The molecule has 0 aromatic heterocycles. The summed E-state index contributed by atoms with van der Waals surface area (Å²) in [5.74, 6) is 0.573. The van der Waals surface area contributed by atoms with E-state index in [0.717, 1.165) is 9.52 Å². The first-order valence-electron chi connectivity index (χ1n) is 19.2. The molecule has 0 saturated heterocycles. The first-order valence-corrected chi connectivity index (χ1v) is 27.6. The van der Waals surface area contributed by atoms with Crippen LogP contribution >= 0.6 is 17.0 Å². The van der Waals surface area contributed by atoms with Crippen molar-refractivity contribution in [2.45, 2.75) is 125 Å². The van der Waals surface area contributed by atoms with Crippen LogP contribution in [0.15, 0.2) is 103 Å². The molecule has 0 spiro atoms. The Bertz CT molecular complexity index is 1960. The van der Waals surface area contributed by atoms with Crippen molar-refractivity contribution in [2.24, 2.45) is 0 Å². The molecule has 0 bridgehead atoms. The van der Waals surface area contributed by atoms with E-state index < -0.39 is 20.8 Å². The second kappa shape index (κ2) is 21.2. The zero-order valence-corrected chi connectivity index (χ0v) is 39.4. The third-order valence-electron chi connectivity index (χ3n) is 9.80. The summed E-state index contributed by atoms with van der Waals surface area (Å²) < 4.78 is 0. The van der Waals surface area contributed by atoms with E-state index in [4.69, 9.17) is 17.0 Å². The van der Waals surface area contributed by atoms with Gasteiger partial charge in [0.25, 0.3) is 0 Å². The number of rotatable bonds is 7. The number of hydrogen-bond donors (Lipinski definition) is 0. The van der Waals surface area contributed by atoms with Gasteiger partial charge in [0.15, 0.2) is 0 Å². The van der Waals surface area contributed by atoms with Gasteiger partial charge >= 0.3 is 37.9 Å². The summed E-state index contributed by atoms with van der Waals surface area (Å²) in [5, 5.41) is 5.55. The summed E-state index contributed by atoms with van der Waals surface area (Å²) in [7, 11) is 11.0. The van der Waals surface area contributed by atoms with E-state index in [2.05, 4.69) is 185 Å². The molecule has 0 nitrogen and oxygen atoms in total. The maximum absolute atomic E-state index is 4.93. The summed E-state index contributed by atoms with van der Waals surface area (Å²) in [6, 6.07) is 38.9. The number of hydrogen-bond acceptors (Lipinski definition) is 0. The Morgan fingerprint density at radius 2 is 1.19 bits per heavy atom. The Hall–Kier alpha value is -2.22. The van der Waals surface area contributed by atoms with Crippen molar-refractivity contribution in [3.8, 4) is 22.3 Å². The van der Waals surface area contributed by atoms with E-state index in [1.54, 1.807) is 0 Å². The van der Waals surface area contributed by atoms with Crippen molar-refractivity contribution < 1.29 is 20.8 Å². The van der Waals surface area contributed by atoms with E-state index in [-0.39, 0.29) is 10.8 Å². The van der Waals surface area contributed by atoms with Crippen molar-refractivity contribution in [3.63, 3.8) is 0 Å². The molecule has 53 heavy (non-hydrogen) atoms. The van der Waals surface area contributed by atoms with Crippen LogP contribution in [-0.4, -0.2) is 9.52 Å². The molecule has 4 heteroatoms. The van der Waals surface area contributed by atoms with E-state index in [1.165, 1.54) is 97.3 Å². The third kappa shape index (κ3) is 12.9. The molecule has 280 valence electrons. The Morgan fingerprint density at radius 1 is 0.679 bits per heavy atom. The van der Waals surface area contributed by atoms with Crippen molar-refractivity contribution in [1.29, 1.82) is 0 Å². The van der Waals surface area contributed by atoms with Crippen molar-refractivity contribution >= 4 is 48.1 Å². The fourth-order valence-corrected chi connectivity index (χ4v) is 6.62. The van der Waals surface area contributed by atoms with Crippen LogP contribution in [0, 0.1) is 6.92 Å². The van der Waals surface area contributed by atoms with Crippen LogP contribution in [0.5, 0.6) is 0 Å². The van der Waals surface area contributed by atoms with Gasteiger partial charge in [0.2, 0.25) is 0 Å². The van der Waals surface area contributed by atoms with Gasteiger partial charge in [-0.1, -0.05) is 173 Å². The quantitative estimate of drug-likeness (QED) is 0.0853. The number of fused-ring (bicyclic) bond motifs is 2. The van der Waals surface area contributed by atoms with Gasteiger partial charge in [0.05, 0.1) is 0 Å². The van der Waals surface area contributed by atoms with Gasteiger partial charge in [0.1, 0.15) is 0 Å². The van der Waals surface area contributed by atoms with Crippen molar-refractivity contribution in [1.82, 2.24) is 0 Å². The molecule has 0 aliphatic rings. The SMILES string of the molecule is CC(C)c1cc2c(-c3ccc(C(C)(C)C)cc3)cccc2[cH-]1.CCCCCc1cc2c(-c3ccc(C(C)(C)C)cc3)ccc(C)c2[cH-]1.C[Si]C.[Cl][Zr+2][Cl]. The predicted octanol–water partition coefficient (Wildman–Crippen LogP) is 16.4. The average Bonchev–Trinajstić information content (AvgIpc) is 3.75. The zero-order valence-electron chi connectivity index (χ0n) is 34.5. The van der Waals surface area contributed by atoms with Gasteiger partial charge in [-0.05, 0) is 45.4 Å². The molecule has 0 atom stereocenters. The molecule has 6 rings (SSSR count). The zero-order chi connectivity index (χ0) is 39.3. The third-order valence-corrected chi connectivity index (χ3v) is 9.80. The first kappa shape index (κ1) is 45.2.